The molecule has 2 heterocycles. The van der Waals surface area contributed by atoms with Crippen molar-refractivity contribution in [2.24, 2.45) is 0 Å². The molecule has 3 rings (SSSR count). The molecule has 24 heavy (non-hydrogen) atoms. The van der Waals surface area contributed by atoms with Crippen LogP contribution in [0.15, 0.2) is 47.1 Å². The lowest BCUT2D eigenvalue weighted by atomic mass is 10.2. The number of fused-ring (bicyclic) bond motifs is 1. The van der Waals surface area contributed by atoms with Gasteiger partial charge in [-0.1, -0.05) is 18.6 Å². The van der Waals surface area contributed by atoms with E-state index in [0.717, 1.165) is 36.1 Å². The number of carboxylic acids is 1. The monoisotopic (exact) mass is 325 g/mol. The minimum atomic E-state index is -0.743. The van der Waals surface area contributed by atoms with E-state index in [1.807, 2.05) is 36.4 Å². The number of benzene rings is 1. The molecular weight excluding hydrogens is 306 g/mol. The van der Waals surface area contributed by atoms with Gasteiger partial charge in [-0.3, -0.25) is 4.79 Å². The zero-order valence-electron chi connectivity index (χ0n) is 13.2. The van der Waals surface area contributed by atoms with Gasteiger partial charge in [0.2, 0.25) is 0 Å². The summed E-state index contributed by atoms with van der Waals surface area (Å²) in [4.78, 5) is 19.6. The first-order chi connectivity index (χ1) is 11.7. The average molecular weight is 325 g/mol. The van der Waals surface area contributed by atoms with Crippen molar-refractivity contribution >= 4 is 22.7 Å². The van der Waals surface area contributed by atoms with Crippen molar-refractivity contribution in [2.75, 3.05) is 11.9 Å². The summed E-state index contributed by atoms with van der Waals surface area (Å²) in [6.45, 7) is 0.734. The maximum Gasteiger partial charge on any atom is 0.303 e. The average Bonchev–Trinajstić information content (AvgIpc) is 3.12. The molecule has 6 nitrogen and oxygen atoms in total. The first kappa shape index (κ1) is 16.0. The quantitative estimate of drug-likeness (QED) is 0.610. The molecule has 0 saturated heterocycles. The largest absolute Gasteiger partial charge is 0.481 e. The third kappa shape index (κ3) is 3.90. The summed E-state index contributed by atoms with van der Waals surface area (Å²) in [7, 11) is 0. The van der Waals surface area contributed by atoms with Gasteiger partial charge in [0.1, 0.15) is 5.82 Å². The van der Waals surface area contributed by atoms with Crippen LogP contribution < -0.4 is 5.32 Å². The lowest BCUT2D eigenvalue weighted by molar-refractivity contribution is -0.137. The second-order valence-corrected chi connectivity index (χ2v) is 5.52. The molecule has 6 heteroatoms. The lowest BCUT2D eigenvalue weighted by Gasteiger charge is -2.10. The minimum Gasteiger partial charge on any atom is -0.481 e. The highest BCUT2D eigenvalue weighted by molar-refractivity contribution is 5.90. The fourth-order valence-electron chi connectivity index (χ4n) is 2.51. The maximum absolute atomic E-state index is 10.5. The molecule has 0 aliphatic carbocycles. The Hall–Kier alpha value is -2.89. The molecule has 0 bridgehead atoms. The van der Waals surface area contributed by atoms with Crippen molar-refractivity contribution in [2.45, 2.75) is 25.7 Å². The second-order valence-electron chi connectivity index (χ2n) is 5.52. The fraction of sp³-hybridized carbons (Fsp3) is 0.278. The molecule has 124 valence electrons. The number of nitrogens with zero attached hydrogens (tertiary/aromatic N) is 2. The Balaban J connectivity index is 1.72. The van der Waals surface area contributed by atoms with Crippen molar-refractivity contribution in [3.05, 3.63) is 42.7 Å². The van der Waals surface area contributed by atoms with Crippen LogP contribution in [0.1, 0.15) is 25.7 Å². The highest BCUT2D eigenvalue weighted by Gasteiger charge is 2.10. The summed E-state index contributed by atoms with van der Waals surface area (Å²) >= 11 is 0. The van der Waals surface area contributed by atoms with Gasteiger partial charge in [0.15, 0.2) is 11.6 Å². The van der Waals surface area contributed by atoms with Crippen LogP contribution in [0.4, 0.5) is 5.82 Å². The molecular formula is C18H19N3O3. The third-order valence-electron chi connectivity index (χ3n) is 3.70. The first-order valence-corrected chi connectivity index (χ1v) is 8.00. The number of carboxylic acid groups (broad SMARTS) is 1. The van der Waals surface area contributed by atoms with Crippen LogP contribution in [-0.2, 0) is 4.79 Å². The number of nitrogens with one attached hydrogen (secondary N) is 1. The second kappa shape index (κ2) is 7.59. The maximum atomic E-state index is 10.5. The van der Waals surface area contributed by atoms with E-state index < -0.39 is 5.97 Å². The minimum absolute atomic E-state index is 0.221. The Morgan fingerprint density at radius 1 is 1.08 bits per heavy atom. The van der Waals surface area contributed by atoms with E-state index >= 15 is 0 Å². The van der Waals surface area contributed by atoms with E-state index in [0.29, 0.717) is 18.0 Å². The van der Waals surface area contributed by atoms with Crippen LogP contribution in [0.2, 0.25) is 0 Å². The Morgan fingerprint density at radius 2 is 1.96 bits per heavy atom. The molecule has 0 saturated carbocycles. The number of unbranched alkanes of at least 4 members (excludes halogenated alkanes) is 2. The lowest BCUT2D eigenvalue weighted by Crippen LogP contribution is -2.06. The third-order valence-corrected chi connectivity index (χ3v) is 3.70. The molecule has 0 aliphatic rings. The standard InChI is InChI=1S/C18H19N3O3/c22-16(23)10-2-1-5-11-19-17-13-7-3-4-8-14(13)20-18(21-17)15-9-6-12-24-15/h3-4,6-9,12H,1-2,5,10-11H2,(H,22,23)(H,19,20,21). The van der Waals surface area contributed by atoms with Gasteiger partial charge in [0, 0.05) is 18.4 Å². The summed E-state index contributed by atoms with van der Waals surface area (Å²) < 4.78 is 5.40. The van der Waals surface area contributed by atoms with E-state index in [9.17, 15) is 4.79 Å². The molecule has 0 spiro atoms. The van der Waals surface area contributed by atoms with Crippen LogP contribution in [0.25, 0.3) is 22.5 Å². The number of anilines is 1. The van der Waals surface area contributed by atoms with E-state index in [-0.39, 0.29) is 6.42 Å². The molecule has 0 aliphatic heterocycles. The van der Waals surface area contributed by atoms with Gasteiger partial charge in [-0.25, -0.2) is 9.97 Å². The topological polar surface area (TPSA) is 88.2 Å². The molecule has 2 N–H and O–H groups in total. The Morgan fingerprint density at radius 3 is 2.75 bits per heavy atom. The van der Waals surface area contributed by atoms with Gasteiger partial charge in [0.25, 0.3) is 0 Å². The van der Waals surface area contributed by atoms with Crippen molar-refractivity contribution in [1.29, 1.82) is 0 Å². The predicted octanol–water partition coefficient (Wildman–Crippen LogP) is 3.95. The molecule has 0 amide bonds. The van der Waals surface area contributed by atoms with Gasteiger partial charge in [-0.2, -0.15) is 0 Å². The highest BCUT2D eigenvalue weighted by atomic mass is 16.4. The predicted molar refractivity (Wildman–Crippen MR) is 91.8 cm³/mol. The normalized spacial score (nSPS) is 10.8. The van der Waals surface area contributed by atoms with Crippen molar-refractivity contribution in [1.82, 2.24) is 9.97 Å². The molecule has 0 unspecified atom stereocenters. The number of aromatic nitrogens is 2. The number of carbonyl (C=O) groups is 1. The van der Waals surface area contributed by atoms with Gasteiger partial charge in [-0.15, -0.1) is 0 Å². The molecule has 0 atom stereocenters. The number of furan rings is 1. The summed E-state index contributed by atoms with van der Waals surface area (Å²) in [5.74, 6) is 1.20. The summed E-state index contributed by atoms with van der Waals surface area (Å²) in [6.07, 6.45) is 4.27. The SMILES string of the molecule is O=C(O)CCCCCNc1nc(-c2ccco2)nc2ccccc12. The van der Waals surface area contributed by atoms with Crippen LogP contribution in [0, 0.1) is 0 Å². The smallest absolute Gasteiger partial charge is 0.303 e. The fourth-order valence-corrected chi connectivity index (χ4v) is 2.51. The molecule has 0 fully saturated rings. The van der Waals surface area contributed by atoms with Crippen LogP contribution >= 0.6 is 0 Å². The molecule has 0 radical (unpaired) electrons. The van der Waals surface area contributed by atoms with Crippen molar-refractivity contribution in [3.8, 4) is 11.6 Å². The van der Waals surface area contributed by atoms with Crippen LogP contribution in [-0.4, -0.2) is 27.6 Å². The zero-order valence-corrected chi connectivity index (χ0v) is 13.2. The van der Waals surface area contributed by atoms with Crippen molar-refractivity contribution < 1.29 is 14.3 Å². The summed E-state index contributed by atoms with van der Waals surface area (Å²) in [6, 6.07) is 11.5. The molecule has 3 aromatic rings. The van der Waals surface area contributed by atoms with E-state index in [2.05, 4.69) is 15.3 Å². The van der Waals surface area contributed by atoms with E-state index in [4.69, 9.17) is 9.52 Å². The Bertz CT molecular complexity index is 815. The Labute approximate surface area is 139 Å². The van der Waals surface area contributed by atoms with Gasteiger partial charge >= 0.3 is 5.97 Å². The van der Waals surface area contributed by atoms with Gasteiger partial charge in [0.05, 0.1) is 11.8 Å². The van der Waals surface area contributed by atoms with Crippen molar-refractivity contribution in [3.63, 3.8) is 0 Å². The highest BCUT2D eigenvalue weighted by Crippen LogP contribution is 2.25. The van der Waals surface area contributed by atoms with E-state index in [1.165, 1.54) is 0 Å². The molecule has 1 aromatic carbocycles. The summed E-state index contributed by atoms with van der Waals surface area (Å²) in [5, 5.41) is 12.9. The number of hydrogen-bond donors (Lipinski definition) is 2. The zero-order chi connectivity index (χ0) is 16.8. The first-order valence-electron chi connectivity index (χ1n) is 8.00. The van der Waals surface area contributed by atoms with Crippen LogP contribution in [0.5, 0.6) is 0 Å². The number of rotatable bonds is 8. The number of hydrogen-bond acceptors (Lipinski definition) is 5. The Kier molecular flexibility index (Phi) is 5.05. The molecule has 2 aromatic heterocycles. The van der Waals surface area contributed by atoms with E-state index in [1.54, 1.807) is 6.26 Å². The van der Waals surface area contributed by atoms with Gasteiger partial charge < -0.3 is 14.8 Å². The van der Waals surface area contributed by atoms with Crippen LogP contribution in [0.3, 0.4) is 0 Å². The number of aliphatic carboxylic acids is 1. The number of para-hydroxylation sites is 1. The van der Waals surface area contributed by atoms with Gasteiger partial charge in [-0.05, 0) is 37.1 Å². The summed E-state index contributed by atoms with van der Waals surface area (Å²) in [5.41, 5.74) is 0.854.